The number of unbranched alkanes of at least 4 members (excludes halogenated alkanes) is 8. The van der Waals surface area contributed by atoms with E-state index in [1.165, 1.54) is 49.8 Å². The normalized spacial score (nSPS) is 20.0. The highest BCUT2D eigenvalue weighted by Gasteiger charge is 2.39. The van der Waals surface area contributed by atoms with Crippen molar-refractivity contribution >= 4 is 23.6 Å². The second-order valence-corrected chi connectivity index (χ2v) is 10.8. The van der Waals surface area contributed by atoms with Crippen molar-refractivity contribution < 1.29 is 19.2 Å². The molecule has 0 spiro atoms. The molecule has 2 aliphatic heterocycles. The van der Waals surface area contributed by atoms with E-state index in [-0.39, 0.29) is 24.1 Å². The van der Waals surface area contributed by atoms with E-state index in [2.05, 4.69) is 22.2 Å². The molecular weight excluding hydrogens is 484 g/mol. The lowest BCUT2D eigenvalue weighted by molar-refractivity contribution is -0.142. The van der Waals surface area contributed by atoms with Gasteiger partial charge in [0.15, 0.2) is 0 Å². The number of amides is 4. The molecule has 3 atom stereocenters. The van der Waals surface area contributed by atoms with Crippen LogP contribution in [-0.4, -0.2) is 74.6 Å². The Kier molecular flexibility index (Phi) is 12.1. The molecule has 0 bridgehead atoms. The molecule has 2 saturated heterocycles. The number of aromatic nitrogens is 2. The number of primary amides is 1. The van der Waals surface area contributed by atoms with E-state index in [0.717, 1.165) is 25.7 Å². The van der Waals surface area contributed by atoms with Crippen LogP contribution in [0.2, 0.25) is 0 Å². The van der Waals surface area contributed by atoms with Crippen LogP contribution in [0.3, 0.4) is 0 Å². The molecule has 38 heavy (non-hydrogen) atoms. The number of hydrogen-bond acceptors (Lipinski definition) is 5. The maximum absolute atomic E-state index is 13.4. The first kappa shape index (κ1) is 29.6. The van der Waals surface area contributed by atoms with Gasteiger partial charge in [-0.3, -0.25) is 19.2 Å². The first-order chi connectivity index (χ1) is 18.4. The second kappa shape index (κ2) is 15.5. The van der Waals surface area contributed by atoms with Crippen LogP contribution in [0.4, 0.5) is 0 Å². The third-order valence-corrected chi connectivity index (χ3v) is 7.83. The Morgan fingerprint density at radius 2 is 1.61 bits per heavy atom. The maximum atomic E-state index is 13.4. The van der Waals surface area contributed by atoms with Crippen molar-refractivity contribution in [3.05, 3.63) is 18.2 Å². The fraction of sp³-hybridized carbons (Fsp3) is 0.750. The zero-order valence-electron chi connectivity index (χ0n) is 23.0. The van der Waals surface area contributed by atoms with Crippen molar-refractivity contribution in [3.63, 3.8) is 0 Å². The van der Waals surface area contributed by atoms with E-state index in [1.54, 1.807) is 11.1 Å². The summed E-state index contributed by atoms with van der Waals surface area (Å²) >= 11 is 0. The van der Waals surface area contributed by atoms with Crippen LogP contribution in [0.5, 0.6) is 0 Å². The van der Waals surface area contributed by atoms with Crippen molar-refractivity contribution in [1.82, 2.24) is 25.1 Å². The minimum atomic E-state index is -0.877. The largest absolute Gasteiger partial charge is 0.368 e. The van der Waals surface area contributed by atoms with Crippen LogP contribution in [-0.2, 0) is 25.6 Å². The van der Waals surface area contributed by atoms with Crippen molar-refractivity contribution in [2.45, 2.75) is 121 Å². The first-order valence-corrected chi connectivity index (χ1v) is 14.6. The fourth-order valence-corrected chi connectivity index (χ4v) is 5.68. The van der Waals surface area contributed by atoms with Crippen LogP contribution in [0, 0.1) is 0 Å². The number of nitrogens with two attached hydrogens (primary N) is 1. The Labute approximate surface area is 226 Å². The predicted molar refractivity (Wildman–Crippen MR) is 145 cm³/mol. The van der Waals surface area contributed by atoms with Gasteiger partial charge in [0, 0.05) is 37.8 Å². The summed E-state index contributed by atoms with van der Waals surface area (Å²) in [7, 11) is 0. The summed E-state index contributed by atoms with van der Waals surface area (Å²) in [6.07, 6.45) is 17.0. The van der Waals surface area contributed by atoms with Gasteiger partial charge in [-0.2, -0.15) is 0 Å². The van der Waals surface area contributed by atoms with Gasteiger partial charge in [-0.15, -0.1) is 0 Å². The van der Waals surface area contributed by atoms with Crippen LogP contribution >= 0.6 is 0 Å². The zero-order chi connectivity index (χ0) is 27.3. The molecule has 1 aromatic rings. The molecule has 3 rings (SSSR count). The summed E-state index contributed by atoms with van der Waals surface area (Å²) < 4.78 is 0. The van der Waals surface area contributed by atoms with E-state index in [4.69, 9.17) is 5.73 Å². The molecule has 0 aliphatic carbocycles. The molecule has 3 unspecified atom stereocenters. The van der Waals surface area contributed by atoms with Crippen LogP contribution in [0.15, 0.2) is 12.5 Å². The highest BCUT2D eigenvalue weighted by Crippen LogP contribution is 2.22. The third kappa shape index (κ3) is 8.56. The van der Waals surface area contributed by atoms with E-state index >= 15 is 0 Å². The summed E-state index contributed by atoms with van der Waals surface area (Å²) in [4.78, 5) is 61.8. The van der Waals surface area contributed by atoms with Gasteiger partial charge < -0.3 is 25.8 Å². The average Bonchev–Trinajstić information content (AvgIpc) is 3.68. The number of carbonyl (C=O) groups is 4. The van der Waals surface area contributed by atoms with Crippen molar-refractivity contribution in [3.8, 4) is 0 Å². The summed E-state index contributed by atoms with van der Waals surface area (Å²) in [5.74, 6) is -1.18. The molecule has 2 fully saturated rings. The number of carbonyl (C=O) groups excluding carboxylic acids is 4. The topological polar surface area (TPSA) is 141 Å². The highest BCUT2D eigenvalue weighted by molar-refractivity contribution is 5.94. The number of aromatic amines is 1. The number of H-pyrrole nitrogens is 1. The molecule has 4 amide bonds. The van der Waals surface area contributed by atoms with E-state index in [1.807, 2.05) is 0 Å². The Morgan fingerprint density at radius 1 is 0.974 bits per heavy atom. The second-order valence-electron chi connectivity index (χ2n) is 10.8. The number of hydrogen-bond donors (Lipinski definition) is 3. The fourth-order valence-electron chi connectivity index (χ4n) is 5.68. The predicted octanol–water partition coefficient (Wildman–Crippen LogP) is 2.83. The Bertz CT molecular complexity index is 905. The summed E-state index contributed by atoms with van der Waals surface area (Å²) in [5, 5.41) is 2.90. The van der Waals surface area contributed by atoms with Gasteiger partial charge in [0.2, 0.25) is 23.6 Å². The maximum Gasteiger partial charge on any atom is 0.246 e. The lowest BCUT2D eigenvalue weighted by Gasteiger charge is -2.30. The van der Waals surface area contributed by atoms with Gasteiger partial charge >= 0.3 is 0 Å². The number of nitrogens with one attached hydrogen (secondary N) is 2. The van der Waals surface area contributed by atoms with Gasteiger partial charge in [0.05, 0.1) is 6.33 Å². The number of likely N-dealkylation sites (tertiary alicyclic amines) is 2. The van der Waals surface area contributed by atoms with Crippen molar-refractivity contribution in [1.29, 1.82) is 0 Å². The molecule has 4 N–H and O–H groups in total. The number of rotatable bonds is 16. The van der Waals surface area contributed by atoms with E-state index in [0.29, 0.717) is 44.5 Å². The lowest BCUT2D eigenvalue weighted by atomic mass is 10.1. The monoisotopic (exact) mass is 530 g/mol. The Balaban J connectivity index is 1.52. The average molecular weight is 531 g/mol. The SMILES string of the molecule is CCCCCCCCCCCC(=O)N1CCCC1C(=O)NC(Cc1cnc[nH]1)C(=O)N1CCCC1C(N)=O. The summed E-state index contributed by atoms with van der Waals surface area (Å²) in [6, 6.07) is -2.12. The smallest absolute Gasteiger partial charge is 0.246 e. The Hall–Kier alpha value is -2.91. The van der Waals surface area contributed by atoms with E-state index in [9.17, 15) is 19.2 Å². The van der Waals surface area contributed by atoms with Gasteiger partial charge in [0.1, 0.15) is 18.1 Å². The Morgan fingerprint density at radius 3 is 2.24 bits per heavy atom. The van der Waals surface area contributed by atoms with Crippen LogP contribution < -0.4 is 11.1 Å². The van der Waals surface area contributed by atoms with Gasteiger partial charge in [-0.25, -0.2) is 4.98 Å². The summed E-state index contributed by atoms with van der Waals surface area (Å²) in [6.45, 7) is 3.21. The molecular formula is C28H46N6O4. The molecule has 10 heteroatoms. The van der Waals surface area contributed by atoms with E-state index < -0.39 is 24.0 Å². The quantitative estimate of drug-likeness (QED) is 0.282. The molecule has 3 heterocycles. The highest BCUT2D eigenvalue weighted by atomic mass is 16.2. The van der Waals surface area contributed by atoms with Crippen molar-refractivity contribution in [2.75, 3.05) is 13.1 Å². The molecule has 2 aliphatic rings. The third-order valence-electron chi connectivity index (χ3n) is 7.83. The van der Waals surface area contributed by atoms with Crippen molar-refractivity contribution in [2.24, 2.45) is 5.73 Å². The molecule has 10 nitrogen and oxygen atoms in total. The molecule has 0 aromatic carbocycles. The minimum Gasteiger partial charge on any atom is -0.368 e. The van der Waals surface area contributed by atoms with Gasteiger partial charge in [0.25, 0.3) is 0 Å². The van der Waals surface area contributed by atoms with Gasteiger partial charge in [-0.05, 0) is 32.1 Å². The molecule has 212 valence electrons. The van der Waals surface area contributed by atoms with Gasteiger partial charge in [-0.1, -0.05) is 58.3 Å². The lowest BCUT2D eigenvalue weighted by Crippen LogP contribution is -2.56. The van der Waals surface area contributed by atoms with Crippen LogP contribution in [0.1, 0.15) is 103 Å². The molecule has 0 radical (unpaired) electrons. The molecule has 0 saturated carbocycles. The molecule has 1 aromatic heterocycles. The summed E-state index contributed by atoms with van der Waals surface area (Å²) in [5.41, 5.74) is 6.22. The first-order valence-electron chi connectivity index (χ1n) is 14.6. The number of nitrogens with zero attached hydrogens (tertiary/aromatic N) is 3. The zero-order valence-corrected chi connectivity index (χ0v) is 23.0. The standard InChI is InChI=1S/C28H46N6O4/c1-2-3-4-5-6-7-8-9-10-15-25(35)33-16-12-14-24(33)27(37)32-22(18-21-19-30-20-31-21)28(38)34-17-11-13-23(34)26(29)36/h19-20,22-24H,2-18H2,1H3,(H2,29,36)(H,30,31)(H,32,37). The number of imidazole rings is 1. The van der Waals surface area contributed by atoms with Crippen LogP contribution in [0.25, 0.3) is 0 Å². The minimum absolute atomic E-state index is 0.00961.